The molecule has 2 N–H and O–H groups in total. The molecule has 0 aliphatic heterocycles. The number of benzene rings is 2. The molecule has 0 bridgehead atoms. The topological polar surface area (TPSA) is 123 Å². The van der Waals surface area contributed by atoms with Gasteiger partial charge in [0.15, 0.2) is 9.84 Å². The van der Waals surface area contributed by atoms with Gasteiger partial charge in [0, 0.05) is 10.0 Å². The maximum atomic E-state index is 12.4. The van der Waals surface area contributed by atoms with Crippen LogP contribution in [0.1, 0.15) is 35.9 Å². The van der Waals surface area contributed by atoms with E-state index in [9.17, 15) is 13.2 Å². The zero-order valence-electron chi connectivity index (χ0n) is 17.7. The van der Waals surface area contributed by atoms with Gasteiger partial charge in [0.1, 0.15) is 11.4 Å². The first-order chi connectivity index (χ1) is 15.2. The highest BCUT2D eigenvalue weighted by Crippen LogP contribution is 2.29. The number of amides is 1. The lowest BCUT2D eigenvalue weighted by atomic mass is 10.2. The monoisotopic (exact) mass is 519 g/mol. The Balaban J connectivity index is 1.74. The van der Waals surface area contributed by atoms with Crippen LogP contribution in [0.5, 0.6) is 5.75 Å². The van der Waals surface area contributed by atoms with Crippen LogP contribution < -0.4 is 15.4 Å². The summed E-state index contributed by atoms with van der Waals surface area (Å²) in [6, 6.07) is 11.1. The molecule has 32 heavy (non-hydrogen) atoms. The first-order valence-electron chi connectivity index (χ1n) is 9.67. The number of hydrogen-bond donors (Lipinski definition) is 2. The molecule has 0 fully saturated rings. The Morgan fingerprint density at radius 2 is 1.97 bits per heavy atom. The zero-order valence-corrected chi connectivity index (χ0v) is 20.1. The van der Waals surface area contributed by atoms with E-state index in [-0.39, 0.29) is 22.5 Å². The van der Waals surface area contributed by atoms with Crippen molar-refractivity contribution in [3.05, 3.63) is 64.4 Å². The summed E-state index contributed by atoms with van der Waals surface area (Å²) in [6.07, 6.45) is 1.49. The Hall–Kier alpha value is -3.05. The number of aromatic nitrogens is 3. The number of hydrogen-bond acceptors (Lipinski definition) is 8. The predicted octanol–water partition coefficient (Wildman–Crippen LogP) is 3.67. The Kier molecular flexibility index (Phi) is 7.41. The number of halogens is 1. The lowest BCUT2D eigenvalue weighted by Crippen LogP contribution is -2.27. The molecule has 9 nitrogen and oxygen atoms in total. The second-order valence-corrected chi connectivity index (χ2v) is 10.00. The maximum absolute atomic E-state index is 12.4. The molecular weight excluding hydrogens is 498 g/mol. The molecule has 2 aromatic carbocycles. The highest BCUT2D eigenvalue weighted by atomic mass is 79.9. The summed E-state index contributed by atoms with van der Waals surface area (Å²) in [6.45, 7) is 3.35. The molecule has 3 aromatic rings. The Morgan fingerprint density at radius 3 is 2.59 bits per heavy atom. The number of carbonyl (C=O) groups is 1. The van der Waals surface area contributed by atoms with E-state index in [0.29, 0.717) is 22.7 Å². The summed E-state index contributed by atoms with van der Waals surface area (Å²) in [4.78, 5) is 16.8. The van der Waals surface area contributed by atoms with Gasteiger partial charge in [-0.1, -0.05) is 28.9 Å². The number of anilines is 2. The fourth-order valence-electron chi connectivity index (χ4n) is 2.79. The largest absolute Gasteiger partial charge is 0.495 e. The summed E-state index contributed by atoms with van der Waals surface area (Å²) in [7, 11) is -1.91. The lowest BCUT2D eigenvalue weighted by molar-refractivity contribution is 0.0939. The Morgan fingerprint density at radius 1 is 1.19 bits per heavy atom. The molecule has 0 saturated heterocycles. The van der Waals surface area contributed by atoms with E-state index >= 15 is 0 Å². The minimum Gasteiger partial charge on any atom is -0.495 e. The Bertz CT molecular complexity index is 1220. The van der Waals surface area contributed by atoms with Crippen molar-refractivity contribution in [1.82, 2.24) is 20.5 Å². The maximum Gasteiger partial charge on any atom is 0.251 e. The zero-order chi connectivity index (χ0) is 23.3. The van der Waals surface area contributed by atoms with E-state index < -0.39 is 15.9 Å². The molecule has 0 aliphatic rings. The van der Waals surface area contributed by atoms with Crippen LogP contribution in [0.2, 0.25) is 0 Å². The van der Waals surface area contributed by atoms with Crippen LogP contribution in [0, 0.1) is 0 Å². The van der Waals surface area contributed by atoms with E-state index in [1.807, 2.05) is 6.07 Å². The summed E-state index contributed by atoms with van der Waals surface area (Å²) >= 11 is 3.34. The van der Waals surface area contributed by atoms with Gasteiger partial charge in [-0.3, -0.25) is 4.79 Å². The second-order valence-electron chi connectivity index (χ2n) is 6.80. The smallest absolute Gasteiger partial charge is 0.251 e. The number of nitrogens with one attached hydrogen (secondary N) is 2. The van der Waals surface area contributed by atoms with Gasteiger partial charge in [0.05, 0.1) is 35.7 Å². The van der Waals surface area contributed by atoms with Crippen LogP contribution in [0.4, 0.5) is 11.6 Å². The minimum absolute atomic E-state index is 0.0188. The third-order valence-corrected chi connectivity index (χ3v) is 6.84. The van der Waals surface area contributed by atoms with E-state index in [1.165, 1.54) is 25.4 Å². The van der Waals surface area contributed by atoms with Crippen molar-refractivity contribution < 1.29 is 17.9 Å². The highest BCUT2D eigenvalue weighted by molar-refractivity contribution is 9.10. The second kappa shape index (κ2) is 10.0. The van der Waals surface area contributed by atoms with Gasteiger partial charge in [-0.25, -0.2) is 13.4 Å². The third kappa shape index (κ3) is 5.60. The molecule has 0 saturated carbocycles. The van der Waals surface area contributed by atoms with Crippen molar-refractivity contribution in [3.63, 3.8) is 0 Å². The van der Waals surface area contributed by atoms with Crippen LogP contribution in [0.3, 0.4) is 0 Å². The molecule has 1 unspecified atom stereocenters. The van der Waals surface area contributed by atoms with Crippen molar-refractivity contribution in [3.8, 4) is 5.75 Å². The molecule has 1 aromatic heterocycles. The van der Waals surface area contributed by atoms with Gasteiger partial charge in [0.25, 0.3) is 5.91 Å². The number of methoxy groups -OCH3 is 1. The van der Waals surface area contributed by atoms with E-state index in [1.54, 1.807) is 38.1 Å². The van der Waals surface area contributed by atoms with Crippen molar-refractivity contribution in [2.75, 3.05) is 18.2 Å². The summed E-state index contributed by atoms with van der Waals surface area (Å²) in [5.74, 6) is 0.321. The fraction of sp³-hybridized carbons (Fsp3) is 0.238. The first kappa shape index (κ1) is 23.6. The molecule has 1 amide bonds. The summed E-state index contributed by atoms with van der Waals surface area (Å²) < 4.78 is 30.5. The Labute approximate surface area is 194 Å². The van der Waals surface area contributed by atoms with Gasteiger partial charge in [-0.15, -0.1) is 10.2 Å². The average Bonchev–Trinajstić information content (AvgIpc) is 2.79. The molecule has 3 rings (SSSR count). The highest BCUT2D eigenvalue weighted by Gasteiger charge is 2.17. The standard InChI is InChI=1S/C21H22BrN5O4S/c1-4-32(29,30)16-8-9-19(31-3)17(11-16)25-21-23-12-18(26-27-21)13(2)24-20(28)14-6-5-7-15(22)10-14/h5-13H,4H2,1-3H3,(H,24,28)(H,23,25,27). The van der Waals surface area contributed by atoms with Crippen molar-refractivity contribution in [2.24, 2.45) is 0 Å². The van der Waals surface area contributed by atoms with Crippen LogP contribution >= 0.6 is 15.9 Å². The average molecular weight is 520 g/mol. The summed E-state index contributed by atoms with van der Waals surface area (Å²) in [5, 5.41) is 13.9. The van der Waals surface area contributed by atoms with Gasteiger partial charge >= 0.3 is 0 Å². The molecule has 1 atom stereocenters. The van der Waals surface area contributed by atoms with E-state index in [4.69, 9.17) is 4.74 Å². The quantitative estimate of drug-likeness (QED) is 0.461. The van der Waals surface area contributed by atoms with E-state index in [2.05, 4.69) is 41.7 Å². The predicted molar refractivity (Wildman–Crippen MR) is 124 cm³/mol. The van der Waals surface area contributed by atoms with Crippen LogP contribution in [-0.4, -0.2) is 42.4 Å². The van der Waals surface area contributed by atoms with Crippen LogP contribution in [-0.2, 0) is 9.84 Å². The molecule has 11 heteroatoms. The molecule has 0 aliphatic carbocycles. The van der Waals surface area contributed by atoms with Crippen molar-refractivity contribution in [1.29, 1.82) is 0 Å². The third-order valence-electron chi connectivity index (χ3n) is 4.61. The van der Waals surface area contributed by atoms with Gasteiger partial charge in [-0.05, 0) is 43.3 Å². The molecule has 0 spiro atoms. The number of ether oxygens (including phenoxy) is 1. The summed E-state index contributed by atoms with van der Waals surface area (Å²) in [5.41, 5.74) is 1.38. The lowest BCUT2D eigenvalue weighted by Gasteiger charge is -2.14. The first-order valence-corrected chi connectivity index (χ1v) is 12.1. The molecule has 1 heterocycles. The number of sulfone groups is 1. The van der Waals surface area contributed by atoms with Gasteiger partial charge in [0.2, 0.25) is 5.95 Å². The number of rotatable bonds is 8. The normalized spacial score (nSPS) is 12.1. The molecule has 0 radical (unpaired) electrons. The number of carbonyl (C=O) groups excluding carboxylic acids is 1. The van der Waals surface area contributed by atoms with Crippen LogP contribution in [0.15, 0.2) is 58.0 Å². The van der Waals surface area contributed by atoms with Crippen molar-refractivity contribution >= 4 is 43.3 Å². The van der Waals surface area contributed by atoms with Gasteiger partial charge < -0.3 is 15.4 Å². The minimum atomic E-state index is -3.39. The number of nitrogens with zero attached hydrogens (tertiary/aromatic N) is 3. The fourth-order valence-corrected chi connectivity index (χ4v) is 4.09. The van der Waals surface area contributed by atoms with Gasteiger partial charge in [-0.2, -0.15) is 0 Å². The van der Waals surface area contributed by atoms with Crippen LogP contribution in [0.25, 0.3) is 0 Å². The molecule has 168 valence electrons. The van der Waals surface area contributed by atoms with E-state index in [0.717, 1.165) is 4.47 Å². The SMILES string of the molecule is CCS(=O)(=O)c1ccc(OC)c(Nc2ncc(C(C)NC(=O)c3cccc(Br)c3)nn2)c1. The molecular formula is C21H22BrN5O4S. The van der Waals surface area contributed by atoms with Crippen molar-refractivity contribution in [2.45, 2.75) is 24.8 Å².